The maximum Gasteiger partial charge on any atom is 0.228 e. The van der Waals surface area contributed by atoms with Gasteiger partial charge in [-0.1, -0.05) is 6.92 Å². The Bertz CT molecular complexity index is 458. The van der Waals surface area contributed by atoms with Gasteiger partial charge < -0.3 is 16.4 Å². The van der Waals surface area contributed by atoms with Crippen LogP contribution in [-0.4, -0.2) is 18.4 Å². The molecule has 0 aliphatic carbocycles. The number of rotatable bonds is 4. The number of carbonyl (C=O) groups is 2. The fourth-order valence-corrected chi connectivity index (χ4v) is 1.44. The van der Waals surface area contributed by atoms with E-state index in [4.69, 9.17) is 5.73 Å². The number of nitrogens with two attached hydrogens (primary N) is 1. The highest BCUT2D eigenvalue weighted by atomic mass is 16.2. The molecule has 98 valence electrons. The van der Waals surface area contributed by atoms with E-state index in [0.717, 1.165) is 11.3 Å². The second kappa shape index (κ2) is 6.16. The molecule has 2 amide bonds. The first-order valence-electron chi connectivity index (χ1n) is 5.83. The van der Waals surface area contributed by atoms with E-state index in [1.807, 2.05) is 13.0 Å². The largest absolute Gasteiger partial charge is 0.330 e. The van der Waals surface area contributed by atoms with E-state index in [1.54, 1.807) is 19.1 Å². The molecule has 0 radical (unpaired) electrons. The van der Waals surface area contributed by atoms with Crippen LogP contribution in [0, 0.1) is 12.8 Å². The van der Waals surface area contributed by atoms with Crippen LogP contribution in [0.2, 0.25) is 0 Å². The number of benzene rings is 1. The molecule has 0 aliphatic heterocycles. The zero-order chi connectivity index (χ0) is 13.7. The summed E-state index contributed by atoms with van der Waals surface area (Å²) in [4.78, 5) is 22.6. The number of amides is 2. The summed E-state index contributed by atoms with van der Waals surface area (Å²) in [5, 5.41) is 5.50. The standard InChI is InChI=1S/C13H19N3O2/c1-8-6-11(16-13(18)9(2)7-14)4-5-12(8)15-10(3)17/h4-6,9H,7,14H2,1-3H3,(H,15,17)(H,16,18). The predicted octanol–water partition coefficient (Wildman–Crippen LogP) is 1.49. The van der Waals surface area contributed by atoms with Gasteiger partial charge in [-0.25, -0.2) is 0 Å². The van der Waals surface area contributed by atoms with Crippen molar-refractivity contribution in [3.05, 3.63) is 23.8 Å². The van der Waals surface area contributed by atoms with E-state index in [9.17, 15) is 9.59 Å². The number of aryl methyl sites for hydroxylation is 1. The maximum atomic E-state index is 11.7. The summed E-state index contributed by atoms with van der Waals surface area (Å²) < 4.78 is 0. The fourth-order valence-electron chi connectivity index (χ4n) is 1.44. The van der Waals surface area contributed by atoms with Crippen LogP contribution in [0.4, 0.5) is 11.4 Å². The molecule has 0 saturated heterocycles. The van der Waals surface area contributed by atoms with Gasteiger partial charge in [-0.3, -0.25) is 9.59 Å². The van der Waals surface area contributed by atoms with Crippen LogP contribution in [0.5, 0.6) is 0 Å². The second-order valence-electron chi connectivity index (χ2n) is 4.34. The fraction of sp³-hybridized carbons (Fsp3) is 0.385. The Balaban J connectivity index is 2.78. The lowest BCUT2D eigenvalue weighted by Crippen LogP contribution is -2.26. The van der Waals surface area contributed by atoms with Crippen molar-refractivity contribution in [1.82, 2.24) is 0 Å². The molecular formula is C13H19N3O2. The first-order valence-corrected chi connectivity index (χ1v) is 5.83. The van der Waals surface area contributed by atoms with Crippen molar-refractivity contribution in [3.8, 4) is 0 Å². The number of hydrogen-bond acceptors (Lipinski definition) is 3. The van der Waals surface area contributed by atoms with Crippen molar-refractivity contribution >= 4 is 23.2 Å². The van der Waals surface area contributed by atoms with Crippen LogP contribution in [0.3, 0.4) is 0 Å². The van der Waals surface area contributed by atoms with Gasteiger partial charge in [-0.2, -0.15) is 0 Å². The third kappa shape index (κ3) is 3.85. The zero-order valence-electron chi connectivity index (χ0n) is 10.9. The average Bonchev–Trinajstić information content (AvgIpc) is 2.31. The highest BCUT2D eigenvalue weighted by Crippen LogP contribution is 2.20. The molecule has 5 heteroatoms. The smallest absolute Gasteiger partial charge is 0.228 e. The molecule has 0 saturated carbocycles. The predicted molar refractivity (Wildman–Crippen MR) is 72.3 cm³/mol. The highest BCUT2D eigenvalue weighted by Gasteiger charge is 2.11. The molecule has 1 unspecified atom stereocenters. The topological polar surface area (TPSA) is 84.2 Å². The van der Waals surface area contributed by atoms with Gasteiger partial charge in [0.15, 0.2) is 0 Å². The lowest BCUT2D eigenvalue weighted by Gasteiger charge is -2.12. The minimum atomic E-state index is -0.222. The monoisotopic (exact) mass is 249 g/mol. The van der Waals surface area contributed by atoms with Gasteiger partial charge in [0, 0.05) is 30.8 Å². The molecule has 4 N–H and O–H groups in total. The summed E-state index contributed by atoms with van der Waals surface area (Å²) >= 11 is 0. The Labute approximate surface area is 107 Å². The maximum absolute atomic E-state index is 11.7. The third-order valence-corrected chi connectivity index (χ3v) is 2.61. The summed E-state index contributed by atoms with van der Waals surface area (Å²) in [6.45, 7) is 5.41. The van der Waals surface area contributed by atoms with Gasteiger partial charge in [0.1, 0.15) is 0 Å². The van der Waals surface area contributed by atoms with Gasteiger partial charge in [0.05, 0.1) is 0 Å². The van der Waals surface area contributed by atoms with Crippen molar-refractivity contribution in [2.75, 3.05) is 17.2 Å². The van der Waals surface area contributed by atoms with Crippen LogP contribution in [-0.2, 0) is 9.59 Å². The van der Waals surface area contributed by atoms with Gasteiger partial charge in [-0.15, -0.1) is 0 Å². The molecule has 0 aliphatic rings. The van der Waals surface area contributed by atoms with Crippen molar-refractivity contribution in [2.45, 2.75) is 20.8 Å². The van der Waals surface area contributed by atoms with Gasteiger partial charge in [-0.05, 0) is 30.7 Å². The van der Waals surface area contributed by atoms with Crippen LogP contribution < -0.4 is 16.4 Å². The first kappa shape index (κ1) is 14.2. The van der Waals surface area contributed by atoms with Crippen molar-refractivity contribution in [1.29, 1.82) is 0 Å². The Morgan fingerprint density at radius 3 is 2.50 bits per heavy atom. The molecule has 0 aromatic heterocycles. The quantitative estimate of drug-likeness (QED) is 0.755. The molecule has 1 aromatic carbocycles. The van der Waals surface area contributed by atoms with Gasteiger partial charge >= 0.3 is 0 Å². The van der Waals surface area contributed by atoms with Crippen molar-refractivity contribution < 1.29 is 9.59 Å². The van der Waals surface area contributed by atoms with E-state index in [1.165, 1.54) is 6.92 Å². The van der Waals surface area contributed by atoms with E-state index in [-0.39, 0.29) is 17.7 Å². The summed E-state index contributed by atoms with van der Waals surface area (Å²) in [7, 11) is 0. The molecule has 0 bridgehead atoms. The average molecular weight is 249 g/mol. The van der Waals surface area contributed by atoms with Crippen LogP contribution in [0.25, 0.3) is 0 Å². The molecule has 0 heterocycles. The molecule has 0 spiro atoms. The van der Waals surface area contributed by atoms with Crippen LogP contribution in [0.1, 0.15) is 19.4 Å². The van der Waals surface area contributed by atoms with E-state index < -0.39 is 0 Å². The minimum absolute atomic E-state index is 0.107. The SMILES string of the molecule is CC(=O)Nc1ccc(NC(=O)C(C)CN)cc1C. The van der Waals surface area contributed by atoms with Crippen molar-refractivity contribution in [2.24, 2.45) is 11.7 Å². The second-order valence-corrected chi connectivity index (χ2v) is 4.34. The Morgan fingerprint density at radius 1 is 1.33 bits per heavy atom. The first-order chi connectivity index (χ1) is 8.43. The molecular weight excluding hydrogens is 230 g/mol. The molecule has 18 heavy (non-hydrogen) atoms. The molecule has 1 rings (SSSR count). The number of anilines is 2. The van der Waals surface area contributed by atoms with Crippen molar-refractivity contribution in [3.63, 3.8) is 0 Å². The zero-order valence-corrected chi connectivity index (χ0v) is 10.9. The summed E-state index contributed by atoms with van der Waals surface area (Å²) in [5.41, 5.74) is 7.76. The van der Waals surface area contributed by atoms with E-state index in [0.29, 0.717) is 12.2 Å². The third-order valence-electron chi connectivity index (χ3n) is 2.61. The molecule has 1 aromatic rings. The summed E-state index contributed by atoms with van der Waals surface area (Å²) in [6, 6.07) is 5.32. The molecule has 5 nitrogen and oxygen atoms in total. The van der Waals surface area contributed by atoms with Gasteiger partial charge in [0.2, 0.25) is 11.8 Å². The lowest BCUT2D eigenvalue weighted by atomic mass is 10.1. The number of nitrogens with one attached hydrogen (secondary N) is 2. The van der Waals surface area contributed by atoms with E-state index in [2.05, 4.69) is 10.6 Å². The van der Waals surface area contributed by atoms with E-state index >= 15 is 0 Å². The minimum Gasteiger partial charge on any atom is -0.330 e. The summed E-state index contributed by atoms with van der Waals surface area (Å²) in [6.07, 6.45) is 0. The highest BCUT2D eigenvalue weighted by molar-refractivity contribution is 5.94. The van der Waals surface area contributed by atoms with Crippen LogP contribution >= 0.6 is 0 Å². The Morgan fingerprint density at radius 2 is 2.00 bits per heavy atom. The normalized spacial score (nSPS) is 11.8. The molecule has 0 fully saturated rings. The van der Waals surface area contributed by atoms with Gasteiger partial charge in [0.25, 0.3) is 0 Å². The lowest BCUT2D eigenvalue weighted by molar-refractivity contribution is -0.119. The Hall–Kier alpha value is -1.88. The number of hydrogen-bond donors (Lipinski definition) is 3. The Kier molecular flexibility index (Phi) is 4.85. The molecule has 1 atom stereocenters. The summed E-state index contributed by atoms with van der Waals surface area (Å²) in [5.74, 6) is -0.448. The number of carbonyl (C=O) groups excluding carboxylic acids is 2. The van der Waals surface area contributed by atoms with Crippen LogP contribution in [0.15, 0.2) is 18.2 Å².